The molecule has 1 aromatic carbocycles. The Kier molecular flexibility index (Phi) is 2.72. The Labute approximate surface area is 93.7 Å². The first-order valence-corrected chi connectivity index (χ1v) is 5.37. The normalized spacial score (nSPS) is 13.6. The lowest BCUT2D eigenvalue weighted by atomic mass is 10.0. The standard InChI is InChI=1S/C13H15FO2/c1-7(2)12(15)11-6-9-8(3)4-5-10(14)13(9)16-11/h4-7,12,15H,1-3H3. The molecule has 86 valence electrons. The molecule has 1 N–H and O–H groups in total. The summed E-state index contributed by atoms with van der Waals surface area (Å²) >= 11 is 0. The van der Waals surface area contributed by atoms with Crippen molar-refractivity contribution in [3.8, 4) is 0 Å². The maximum Gasteiger partial charge on any atom is 0.170 e. The van der Waals surface area contributed by atoms with Crippen LogP contribution in [0.1, 0.15) is 31.3 Å². The van der Waals surface area contributed by atoms with Gasteiger partial charge in [-0.2, -0.15) is 0 Å². The van der Waals surface area contributed by atoms with Crippen molar-refractivity contribution in [3.63, 3.8) is 0 Å². The van der Waals surface area contributed by atoms with Gasteiger partial charge in [0.25, 0.3) is 0 Å². The average Bonchev–Trinajstić information content (AvgIpc) is 2.68. The molecule has 0 fully saturated rings. The Morgan fingerprint density at radius 2 is 2.00 bits per heavy atom. The summed E-state index contributed by atoms with van der Waals surface area (Å²) in [5.74, 6) is 0.0879. The van der Waals surface area contributed by atoms with Crippen molar-refractivity contribution < 1.29 is 13.9 Å². The van der Waals surface area contributed by atoms with Crippen molar-refractivity contribution in [2.24, 2.45) is 5.92 Å². The van der Waals surface area contributed by atoms with E-state index in [0.29, 0.717) is 5.76 Å². The minimum atomic E-state index is -0.689. The van der Waals surface area contributed by atoms with Crippen LogP contribution in [0.2, 0.25) is 0 Å². The molecule has 1 unspecified atom stereocenters. The van der Waals surface area contributed by atoms with E-state index in [4.69, 9.17) is 4.42 Å². The van der Waals surface area contributed by atoms with Gasteiger partial charge in [-0.3, -0.25) is 0 Å². The molecule has 0 saturated carbocycles. The van der Waals surface area contributed by atoms with Crippen LogP contribution in [0.25, 0.3) is 11.0 Å². The monoisotopic (exact) mass is 222 g/mol. The molecule has 0 aliphatic heterocycles. The summed E-state index contributed by atoms with van der Waals surface area (Å²) < 4.78 is 18.8. The molecule has 2 nitrogen and oxygen atoms in total. The number of furan rings is 1. The third kappa shape index (κ3) is 1.71. The number of aliphatic hydroxyl groups excluding tert-OH is 1. The van der Waals surface area contributed by atoms with Crippen LogP contribution in [0.3, 0.4) is 0 Å². The second-order valence-corrected chi connectivity index (χ2v) is 4.44. The fourth-order valence-corrected chi connectivity index (χ4v) is 1.72. The van der Waals surface area contributed by atoms with Crippen molar-refractivity contribution in [2.45, 2.75) is 26.9 Å². The lowest BCUT2D eigenvalue weighted by molar-refractivity contribution is 0.104. The Hall–Kier alpha value is -1.35. The fourth-order valence-electron chi connectivity index (χ4n) is 1.72. The number of aliphatic hydroxyl groups is 1. The van der Waals surface area contributed by atoms with Crippen LogP contribution in [0.4, 0.5) is 4.39 Å². The summed E-state index contributed by atoms with van der Waals surface area (Å²) in [6.07, 6.45) is -0.689. The van der Waals surface area contributed by atoms with Crippen LogP contribution in [0, 0.1) is 18.7 Å². The topological polar surface area (TPSA) is 33.4 Å². The Balaban J connectivity index is 2.60. The molecule has 0 aliphatic carbocycles. The van der Waals surface area contributed by atoms with Crippen molar-refractivity contribution >= 4 is 11.0 Å². The molecule has 1 atom stereocenters. The first-order valence-electron chi connectivity index (χ1n) is 5.37. The average molecular weight is 222 g/mol. The number of hydrogen-bond acceptors (Lipinski definition) is 2. The fraction of sp³-hybridized carbons (Fsp3) is 0.385. The molecule has 0 radical (unpaired) electrons. The van der Waals surface area contributed by atoms with Crippen LogP contribution < -0.4 is 0 Å². The van der Waals surface area contributed by atoms with Gasteiger partial charge in [0.15, 0.2) is 11.4 Å². The van der Waals surface area contributed by atoms with Crippen LogP contribution in [0.15, 0.2) is 22.6 Å². The predicted molar refractivity (Wildman–Crippen MR) is 60.7 cm³/mol. The molecule has 16 heavy (non-hydrogen) atoms. The number of fused-ring (bicyclic) bond motifs is 1. The van der Waals surface area contributed by atoms with Crippen molar-refractivity contribution in [1.29, 1.82) is 0 Å². The largest absolute Gasteiger partial charge is 0.455 e. The third-order valence-corrected chi connectivity index (χ3v) is 2.80. The Morgan fingerprint density at radius 1 is 1.31 bits per heavy atom. The zero-order valence-corrected chi connectivity index (χ0v) is 9.62. The highest BCUT2D eigenvalue weighted by atomic mass is 19.1. The molecule has 0 aliphatic rings. The molecule has 0 spiro atoms. The van der Waals surface area contributed by atoms with Gasteiger partial charge in [0.1, 0.15) is 11.9 Å². The van der Waals surface area contributed by atoms with E-state index in [1.807, 2.05) is 20.8 Å². The van der Waals surface area contributed by atoms with E-state index in [9.17, 15) is 9.50 Å². The molecule has 2 rings (SSSR count). The highest BCUT2D eigenvalue weighted by Crippen LogP contribution is 2.31. The first kappa shape index (κ1) is 11.1. The Bertz CT molecular complexity index is 475. The van der Waals surface area contributed by atoms with Gasteiger partial charge in [-0.1, -0.05) is 19.9 Å². The predicted octanol–water partition coefficient (Wildman–Crippen LogP) is 3.57. The maximum absolute atomic E-state index is 13.5. The zero-order chi connectivity index (χ0) is 11.9. The Morgan fingerprint density at radius 3 is 2.56 bits per heavy atom. The number of halogens is 1. The van der Waals surface area contributed by atoms with Gasteiger partial charge in [0.05, 0.1) is 0 Å². The molecule has 1 heterocycles. The maximum atomic E-state index is 13.5. The van der Waals surface area contributed by atoms with Gasteiger partial charge in [0, 0.05) is 5.39 Å². The number of benzene rings is 1. The van der Waals surface area contributed by atoms with Gasteiger partial charge >= 0.3 is 0 Å². The third-order valence-electron chi connectivity index (χ3n) is 2.80. The SMILES string of the molecule is Cc1ccc(F)c2oc(C(O)C(C)C)cc12. The smallest absolute Gasteiger partial charge is 0.170 e. The highest BCUT2D eigenvalue weighted by Gasteiger charge is 2.18. The number of hydrogen-bond donors (Lipinski definition) is 1. The van der Waals surface area contributed by atoms with Crippen LogP contribution in [-0.4, -0.2) is 5.11 Å². The summed E-state index contributed by atoms with van der Waals surface area (Å²) in [6, 6.07) is 4.81. The molecule has 3 heteroatoms. The molecule has 2 aromatic rings. The van der Waals surface area contributed by atoms with Gasteiger partial charge in [0.2, 0.25) is 0 Å². The summed E-state index contributed by atoms with van der Waals surface area (Å²) in [4.78, 5) is 0. The van der Waals surface area contributed by atoms with Crippen LogP contribution in [-0.2, 0) is 0 Å². The van der Waals surface area contributed by atoms with Crippen molar-refractivity contribution in [2.75, 3.05) is 0 Å². The minimum Gasteiger partial charge on any atom is -0.455 e. The van der Waals surface area contributed by atoms with E-state index in [-0.39, 0.29) is 17.3 Å². The molecule has 0 bridgehead atoms. The zero-order valence-electron chi connectivity index (χ0n) is 9.62. The molecule has 1 aromatic heterocycles. The van der Waals surface area contributed by atoms with E-state index in [0.717, 1.165) is 10.9 Å². The highest BCUT2D eigenvalue weighted by molar-refractivity contribution is 5.82. The van der Waals surface area contributed by atoms with Gasteiger partial charge in [-0.15, -0.1) is 0 Å². The van der Waals surface area contributed by atoms with Gasteiger partial charge in [-0.25, -0.2) is 4.39 Å². The number of rotatable bonds is 2. The van der Waals surface area contributed by atoms with E-state index < -0.39 is 6.10 Å². The van der Waals surface area contributed by atoms with E-state index in [2.05, 4.69) is 0 Å². The van der Waals surface area contributed by atoms with Gasteiger partial charge in [-0.05, 0) is 30.5 Å². The second kappa shape index (κ2) is 3.91. The molecular weight excluding hydrogens is 207 g/mol. The van der Waals surface area contributed by atoms with Crippen molar-refractivity contribution in [3.05, 3.63) is 35.3 Å². The summed E-state index contributed by atoms with van der Waals surface area (Å²) in [5, 5.41) is 10.6. The summed E-state index contributed by atoms with van der Waals surface area (Å²) in [6.45, 7) is 5.67. The second-order valence-electron chi connectivity index (χ2n) is 4.44. The van der Waals surface area contributed by atoms with E-state index in [1.165, 1.54) is 6.07 Å². The number of aryl methyl sites for hydroxylation is 1. The van der Waals surface area contributed by atoms with E-state index >= 15 is 0 Å². The van der Waals surface area contributed by atoms with Crippen LogP contribution >= 0.6 is 0 Å². The summed E-state index contributed by atoms with van der Waals surface area (Å²) in [5.41, 5.74) is 1.18. The first-order chi connectivity index (χ1) is 7.50. The molecular formula is C13H15FO2. The lowest BCUT2D eigenvalue weighted by Gasteiger charge is -2.10. The molecule has 0 saturated heterocycles. The van der Waals surface area contributed by atoms with Gasteiger partial charge < -0.3 is 9.52 Å². The molecule has 0 amide bonds. The van der Waals surface area contributed by atoms with Crippen LogP contribution in [0.5, 0.6) is 0 Å². The lowest BCUT2D eigenvalue weighted by Crippen LogP contribution is -2.03. The van der Waals surface area contributed by atoms with E-state index in [1.54, 1.807) is 12.1 Å². The summed E-state index contributed by atoms with van der Waals surface area (Å²) in [7, 11) is 0. The minimum absolute atomic E-state index is 0.0453. The van der Waals surface area contributed by atoms with Crippen molar-refractivity contribution in [1.82, 2.24) is 0 Å². The quantitative estimate of drug-likeness (QED) is 0.842.